The lowest BCUT2D eigenvalue weighted by molar-refractivity contribution is -0.129. The number of hydrogen-bond donors (Lipinski definition) is 0. The molecule has 0 aliphatic carbocycles. The zero-order chi connectivity index (χ0) is 23.7. The summed E-state index contributed by atoms with van der Waals surface area (Å²) in [5.74, 6) is 0.635. The first-order valence-electron chi connectivity index (χ1n) is 10.6. The first kappa shape index (κ1) is 21.6. The van der Waals surface area contributed by atoms with E-state index in [1.165, 1.54) is 18.0 Å². The van der Waals surface area contributed by atoms with Crippen LogP contribution in [0.2, 0.25) is 0 Å². The molecule has 4 aromatic rings. The number of nitriles is 2. The molecule has 0 spiro atoms. The average Bonchev–Trinajstić information content (AvgIpc) is 3.52. The molecule has 1 aliphatic heterocycles. The third-order valence-electron chi connectivity index (χ3n) is 5.70. The summed E-state index contributed by atoms with van der Waals surface area (Å²) < 4.78 is 7.73. The first-order valence-corrected chi connectivity index (χ1v) is 11.4. The highest BCUT2D eigenvalue weighted by Crippen LogP contribution is 2.37. The molecule has 0 saturated carbocycles. The van der Waals surface area contributed by atoms with E-state index in [2.05, 4.69) is 22.2 Å². The molecule has 34 heavy (non-hydrogen) atoms. The molecule has 1 fully saturated rings. The number of oxazole rings is 1. The molecule has 0 unspecified atom stereocenters. The average molecular weight is 470 g/mol. The Labute approximate surface area is 199 Å². The second-order valence-corrected chi connectivity index (χ2v) is 8.85. The molecule has 4 heterocycles. The molecule has 1 aliphatic rings. The van der Waals surface area contributed by atoms with E-state index in [1.807, 2.05) is 29.2 Å². The van der Waals surface area contributed by atoms with Gasteiger partial charge < -0.3 is 14.2 Å². The molecule has 3 aromatic heterocycles. The number of rotatable bonds is 4. The predicted octanol–water partition coefficient (Wildman–Crippen LogP) is 3.55. The molecule has 1 saturated heterocycles. The largest absolute Gasteiger partial charge is 0.423 e. The van der Waals surface area contributed by atoms with Crippen molar-refractivity contribution < 1.29 is 9.21 Å². The highest BCUT2D eigenvalue weighted by molar-refractivity contribution is 7.99. The van der Waals surface area contributed by atoms with Crippen LogP contribution in [0.25, 0.3) is 16.8 Å². The highest BCUT2D eigenvalue weighted by Gasteiger charge is 2.23. The van der Waals surface area contributed by atoms with Crippen molar-refractivity contribution in [3.05, 3.63) is 60.0 Å². The van der Waals surface area contributed by atoms with Crippen LogP contribution in [0.1, 0.15) is 18.1 Å². The van der Waals surface area contributed by atoms with Crippen LogP contribution in [0.4, 0.5) is 6.01 Å². The number of piperazine rings is 1. The third kappa shape index (κ3) is 3.96. The van der Waals surface area contributed by atoms with Gasteiger partial charge in [-0.1, -0.05) is 23.9 Å². The van der Waals surface area contributed by atoms with Gasteiger partial charge in [-0.25, -0.2) is 9.50 Å². The molecule has 168 valence electrons. The maximum atomic E-state index is 11.6. The quantitative estimate of drug-likeness (QED) is 0.446. The molecule has 5 rings (SSSR count). The van der Waals surface area contributed by atoms with E-state index in [1.54, 1.807) is 34.8 Å². The Morgan fingerprint density at radius 2 is 1.82 bits per heavy atom. The lowest BCUT2D eigenvalue weighted by Gasteiger charge is -2.33. The summed E-state index contributed by atoms with van der Waals surface area (Å²) in [5.41, 5.74) is 2.42. The van der Waals surface area contributed by atoms with Crippen LogP contribution in [0, 0.1) is 22.7 Å². The summed E-state index contributed by atoms with van der Waals surface area (Å²) >= 11 is 1.40. The molecule has 1 amide bonds. The number of amides is 1. The van der Waals surface area contributed by atoms with E-state index in [-0.39, 0.29) is 5.91 Å². The Hall–Kier alpha value is -4.28. The molecular formula is C24H19N7O2S. The van der Waals surface area contributed by atoms with Gasteiger partial charge in [-0.15, -0.1) is 0 Å². The maximum Gasteiger partial charge on any atom is 0.297 e. The normalized spacial score (nSPS) is 13.6. The molecule has 0 atom stereocenters. The van der Waals surface area contributed by atoms with Crippen LogP contribution in [0.15, 0.2) is 63.1 Å². The minimum Gasteiger partial charge on any atom is -0.423 e. The number of carbonyl (C=O) groups is 1. The molecule has 9 nitrogen and oxygen atoms in total. The number of aromatic nitrogens is 3. The molecule has 0 radical (unpaired) electrons. The zero-order valence-electron chi connectivity index (χ0n) is 18.3. The Balaban J connectivity index is 1.50. The summed E-state index contributed by atoms with van der Waals surface area (Å²) in [6.45, 7) is 4.13. The fourth-order valence-corrected chi connectivity index (χ4v) is 5.00. The van der Waals surface area contributed by atoms with Crippen molar-refractivity contribution in [2.75, 3.05) is 31.1 Å². The standard InChI is InChI=1S/C24H19N7O2S/c1-16(32)29-6-8-30(9-7-29)24-27-14-20(33-24)18-10-22(23-19(12-26)13-28-31(23)15-18)34-21-5-3-2-4-17(21)11-25/h2-5,10,13-15H,6-9H2,1H3. The lowest BCUT2D eigenvalue weighted by Crippen LogP contribution is -2.48. The van der Waals surface area contributed by atoms with Crippen molar-refractivity contribution in [1.29, 1.82) is 10.5 Å². The van der Waals surface area contributed by atoms with E-state index in [0.29, 0.717) is 54.6 Å². The van der Waals surface area contributed by atoms with Gasteiger partial charge in [-0.3, -0.25) is 4.79 Å². The van der Waals surface area contributed by atoms with Crippen LogP contribution in [0.5, 0.6) is 0 Å². The van der Waals surface area contributed by atoms with Gasteiger partial charge in [0.1, 0.15) is 12.1 Å². The summed E-state index contributed by atoms with van der Waals surface area (Å²) in [5, 5.41) is 23.4. The monoisotopic (exact) mass is 469 g/mol. The lowest BCUT2D eigenvalue weighted by atomic mass is 10.2. The van der Waals surface area contributed by atoms with Crippen LogP contribution < -0.4 is 4.90 Å². The van der Waals surface area contributed by atoms with E-state index >= 15 is 0 Å². The minimum atomic E-state index is 0.0695. The minimum absolute atomic E-state index is 0.0695. The Bertz CT molecular complexity index is 1470. The molecule has 0 N–H and O–H groups in total. The van der Waals surface area contributed by atoms with Gasteiger partial charge in [-0.05, 0) is 18.2 Å². The van der Waals surface area contributed by atoms with Gasteiger partial charge in [0.2, 0.25) is 5.91 Å². The Morgan fingerprint density at radius 1 is 1.06 bits per heavy atom. The highest BCUT2D eigenvalue weighted by atomic mass is 32.2. The molecule has 0 bridgehead atoms. The number of benzene rings is 1. The SMILES string of the molecule is CC(=O)N1CCN(c2ncc(-c3cc(Sc4ccccc4C#N)c4c(C#N)cnn4c3)o2)CC1. The van der Waals surface area contributed by atoms with Crippen molar-refractivity contribution >= 4 is 29.2 Å². The van der Waals surface area contributed by atoms with Crippen LogP contribution in [0.3, 0.4) is 0 Å². The van der Waals surface area contributed by atoms with Gasteiger partial charge in [0.15, 0.2) is 5.76 Å². The molecule has 1 aromatic carbocycles. The first-order chi connectivity index (χ1) is 16.6. The van der Waals surface area contributed by atoms with Gasteiger partial charge in [0, 0.05) is 54.7 Å². The maximum absolute atomic E-state index is 11.6. The number of hydrogen-bond acceptors (Lipinski definition) is 8. The summed E-state index contributed by atoms with van der Waals surface area (Å²) in [4.78, 5) is 21.4. The van der Waals surface area contributed by atoms with Crippen LogP contribution in [-0.4, -0.2) is 51.6 Å². The summed E-state index contributed by atoms with van der Waals surface area (Å²) in [6.07, 6.45) is 4.99. The van der Waals surface area contributed by atoms with Gasteiger partial charge in [-0.2, -0.15) is 15.6 Å². The number of fused-ring (bicyclic) bond motifs is 1. The van der Waals surface area contributed by atoms with Crippen molar-refractivity contribution in [1.82, 2.24) is 19.5 Å². The van der Waals surface area contributed by atoms with E-state index in [0.717, 1.165) is 15.4 Å². The number of nitrogens with zero attached hydrogens (tertiary/aromatic N) is 7. The fourth-order valence-electron chi connectivity index (χ4n) is 3.90. The van der Waals surface area contributed by atoms with Crippen molar-refractivity contribution in [3.63, 3.8) is 0 Å². The Morgan fingerprint density at radius 3 is 2.56 bits per heavy atom. The van der Waals surface area contributed by atoms with E-state index in [4.69, 9.17) is 4.42 Å². The Kier molecular flexibility index (Phi) is 5.66. The smallest absolute Gasteiger partial charge is 0.297 e. The van der Waals surface area contributed by atoms with Gasteiger partial charge in [0.25, 0.3) is 6.01 Å². The summed E-state index contributed by atoms with van der Waals surface area (Å²) in [7, 11) is 0. The van der Waals surface area contributed by atoms with E-state index < -0.39 is 0 Å². The molecular weight excluding hydrogens is 450 g/mol. The van der Waals surface area contributed by atoms with Crippen LogP contribution >= 0.6 is 11.8 Å². The van der Waals surface area contributed by atoms with Crippen molar-refractivity contribution in [2.24, 2.45) is 0 Å². The number of anilines is 1. The topological polar surface area (TPSA) is 114 Å². The van der Waals surface area contributed by atoms with Crippen molar-refractivity contribution in [3.8, 4) is 23.5 Å². The fraction of sp³-hybridized carbons (Fsp3) is 0.208. The van der Waals surface area contributed by atoms with E-state index in [9.17, 15) is 15.3 Å². The van der Waals surface area contributed by atoms with Crippen molar-refractivity contribution in [2.45, 2.75) is 16.7 Å². The number of pyridine rings is 1. The second kappa shape index (κ2) is 8.93. The number of carbonyl (C=O) groups excluding carboxylic acids is 1. The predicted molar refractivity (Wildman–Crippen MR) is 125 cm³/mol. The zero-order valence-corrected chi connectivity index (χ0v) is 19.1. The third-order valence-corrected chi connectivity index (χ3v) is 6.81. The van der Waals surface area contributed by atoms with Crippen LogP contribution in [-0.2, 0) is 4.79 Å². The summed E-state index contributed by atoms with van der Waals surface area (Å²) in [6, 6.07) is 14.2. The van der Waals surface area contributed by atoms with Gasteiger partial charge in [0.05, 0.1) is 29.0 Å². The van der Waals surface area contributed by atoms with Gasteiger partial charge >= 0.3 is 0 Å². The second-order valence-electron chi connectivity index (χ2n) is 7.77. The molecule has 10 heteroatoms.